The normalized spacial score (nSPS) is 17.1. The van der Waals surface area contributed by atoms with E-state index in [2.05, 4.69) is 5.32 Å². The zero-order valence-corrected chi connectivity index (χ0v) is 12.3. The largest absolute Gasteiger partial charge is 0.355 e. The molecule has 1 aromatic rings. The summed E-state index contributed by atoms with van der Waals surface area (Å²) in [6.45, 7) is 1.05. The molecular weight excluding hydrogens is 284 g/mol. The highest BCUT2D eigenvalue weighted by atomic mass is 32.2. The Morgan fingerprint density at radius 3 is 2.63 bits per heavy atom. The smallest absolute Gasteiger partial charge is 0.251 e. The lowest BCUT2D eigenvalue weighted by Gasteiger charge is -2.25. The standard InChI is InChI=1S/C12H16N2O3S2/c1-13-12(15)10-3-2-4-11(9-10)19(16,17)14-5-7-18-8-6-14/h2-4,9H,5-8H2,1H3,(H,13,15). The molecule has 0 bridgehead atoms. The molecule has 1 aliphatic rings. The number of thioether (sulfide) groups is 1. The lowest BCUT2D eigenvalue weighted by Crippen LogP contribution is -2.37. The maximum atomic E-state index is 12.4. The van der Waals surface area contributed by atoms with E-state index in [1.807, 2.05) is 0 Å². The quantitative estimate of drug-likeness (QED) is 0.896. The van der Waals surface area contributed by atoms with Gasteiger partial charge in [0.15, 0.2) is 0 Å². The van der Waals surface area contributed by atoms with E-state index in [1.54, 1.807) is 23.9 Å². The highest BCUT2D eigenvalue weighted by molar-refractivity contribution is 7.99. The monoisotopic (exact) mass is 300 g/mol. The van der Waals surface area contributed by atoms with Gasteiger partial charge in [0.1, 0.15) is 0 Å². The molecule has 7 heteroatoms. The van der Waals surface area contributed by atoms with Crippen LogP contribution in [0.5, 0.6) is 0 Å². The maximum absolute atomic E-state index is 12.4. The predicted molar refractivity (Wildman–Crippen MR) is 75.9 cm³/mol. The fourth-order valence-electron chi connectivity index (χ4n) is 1.88. The third kappa shape index (κ3) is 3.10. The highest BCUT2D eigenvalue weighted by Gasteiger charge is 2.26. The zero-order chi connectivity index (χ0) is 13.9. The van der Waals surface area contributed by atoms with Gasteiger partial charge in [0.2, 0.25) is 10.0 Å². The second kappa shape index (κ2) is 5.94. The number of nitrogens with zero attached hydrogens (tertiary/aromatic N) is 1. The minimum absolute atomic E-state index is 0.181. The van der Waals surface area contributed by atoms with Crippen LogP contribution in [0.15, 0.2) is 29.2 Å². The van der Waals surface area contributed by atoms with Gasteiger partial charge in [-0.1, -0.05) is 6.07 Å². The van der Waals surface area contributed by atoms with Crippen molar-refractivity contribution in [3.8, 4) is 0 Å². The van der Waals surface area contributed by atoms with Gasteiger partial charge in [0, 0.05) is 37.2 Å². The third-order valence-corrected chi connectivity index (χ3v) is 5.77. The van der Waals surface area contributed by atoms with Crippen LogP contribution in [0.4, 0.5) is 0 Å². The van der Waals surface area contributed by atoms with Crippen molar-refractivity contribution < 1.29 is 13.2 Å². The molecule has 104 valence electrons. The van der Waals surface area contributed by atoms with Gasteiger partial charge >= 0.3 is 0 Å². The molecule has 5 nitrogen and oxygen atoms in total. The highest BCUT2D eigenvalue weighted by Crippen LogP contribution is 2.20. The average Bonchev–Trinajstić information content (AvgIpc) is 2.47. The lowest BCUT2D eigenvalue weighted by molar-refractivity contribution is 0.0963. The Hall–Kier alpha value is -1.05. The van der Waals surface area contributed by atoms with Crippen molar-refractivity contribution in [3.63, 3.8) is 0 Å². The summed E-state index contributed by atoms with van der Waals surface area (Å²) in [6.07, 6.45) is 0. The van der Waals surface area contributed by atoms with Crippen LogP contribution in [0.2, 0.25) is 0 Å². The minimum atomic E-state index is -3.49. The Labute approximate surface area is 117 Å². The van der Waals surface area contributed by atoms with E-state index < -0.39 is 10.0 Å². The maximum Gasteiger partial charge on any atom is 0.251 e. The molecule has 1 saturated heterocycles. The molecule has 1 N–H and O–H groups in total. The number of benzene rings is 1. The topological polar surface area (TPSA) is 66.5 Å². The fraction of sp³-hybridized carbons (Fsp3) is 0.417. The van der Waals surface area contributed by atoms with E-state index in [4.69, 9.17) is 0 Å². The summed E-state index contributed by atoms with van der Waals surface area (Å²) in [6, 6.07) is 6.15. The molecule has 0 aliphatic carbocycles. The van der Waals surface area contributed by atoms with Crippen molar-refractivity contribution in [2.45, 2.75) is 4.90 Å². The van der Waals surface area contributed by atoms with Crippen molar-refractivity contribution in [3.05, 3.63) is 29.8 Å². The van der Waals surface area contributed by atoms with Crippen LogP contribution in [0.25, 0.3) is 0 Å². The number of nitrogens with one attached hydrogen (secondary N) is 1. The Kier molecular flexibility index (Phi) is 4.49. The van der Waals surface area contributed by atoms with Gasteiger partial charge in [-0.15, -0.1) is 0 Å². The van der Waals surface area contributed by atoms with Gasteiger partial charge in [-0.25, -0.2) is 8.42 Å². The van der Waals surface area contributed by atoms with Crippen molar-refractivity contribution in [1.82, 2.24) is 9.62 Å². The zero-order valence-electron chi connectivity index (χ0n) is 10.6. The summed E-state index contributed by atoms with van der Waals surface area (Å²) in [5.41, 5.74) is 0.356. The van der Waals surface area contributed by atoms with Crippen molar-refractivity contribution in [2.75, 3.05) is 31.6 Å². The molecule has 1 heterocycles. The van der Waals surface area contributed by atoms with Gasteiger partial charge in [-0.2, -0.15) is 16.1 Å². The van der Waals surface area contributed by atoms with Crippen LogP contribution in [0, 0.1) is 0 Å². The van der Waals surface area contributed by atoms with Gasteiger partial charge in [-0.05, 0) is 18.2 Å². The molecule has 0 atom stereocenters. The van der Waals surface area contributed by atoms with Crippen LogP contribution in [-0.2, 0) is 10.0 Å². The molecule has 1 aromatic carbocycles. The molecule has 1 fully saturated rings. The summed E-state index contributed by atoms with van der Waals surface area (Å²) < 4.78 is 26.3. The first-order valence-electron chi connectivity index (χ1n) is 5.96. The van der Waals surface area contributed by atoms with Gasteiger partial charge in [0.25, 0.3) is 5.91 Å². The molecule has 0 radical (unpaired) electrons. The molecular formula is C12H16N2O3S2. The number of amides is 1. The number of rotatable bonds is 3. The third-order valence-electron chi connectivity index (χ3n) is 2.93. The predicted octanol–water partition coefficient (Wildman–Crippen LogP) is 0.784. The summed E-state index contributed by atoms with van der Waals surface area (Å²) in [5.74, 6) is 1.34. The Balaban J connectivity index is 2.32. The molecule has 0 saturated carbocycles. The number of hydrogen-bond acceptors (Lipinski definition) is 4. The van der Waals surface area contributed by atoms with Crippen molar-refractivity contribution >= 4 is 27.7 Å². The van der Waals surface area contributed by atoms with E-state index in [0.717, 1.165) is 11.5 Å². The number of carbonyl (C=O) groups excluding carboxylic acids is 1. The SMILES string of the molecule is CNC(=O)c1cccc(S(=O)(=O)N2CCSCC2)c1. The molecule has 0 unspecified atom stereocenters. The van der Waals surface area contributed by atoms with Crippen LogP contribution in [0.3, 0.4) is 0 Å². The first-order chi connectivity index (χ1) is 9.05. The molecule has 2 rings (SSSR count). The molecule has 1 amide bonds. The number of carbonyl (C=O) groups is 1. The van der Waals surface area contributed by atoms with Crippen LogP contribution in [-0.4, -0.2) is 50.3 Å². The van der Waals surface area contributed by atoms with Crippen LogP contribution < -0.4 is 5.32 Å². The van der Waals surface area contributed by atoms with Gasteiger partial charge < -0.3 is 5.32 Å². The van der Waals surface area contributed by atoms with Gasteiger partial charge in [-0.3, -0.25) is 4.79 Å². The number of sulfonamides is 1. The first-order valence-corrected chi connectivity index (χ1v) is 8.55. The first kappa shape index (κ1) is 14.4. The summed E-state index contributed by atoms with van der Waals surface area (Å²) >= 11 is 1.75. The number of hydrogen-bond donors (Lipinski definition) is 1. The van der Waals surface area contributed by atoms with E-state index in [1.165, 1.54) is 23.5 Å². The lowest BCUT2D eigenvalue weighted by atomic mass is 10.2. The molecule has 0 spiro atoms. The van der Waals surface area contributed by atoms with Crippen molar-refractivity contribution in [1.29, 1.82) is 0 Å². The minimum Gasteiger partial charge on any atom is -0.355 e. The van der Waals surface area contributed by atoms with Crippen LogP contribution in [0.1, 0.15) is 10.4 Å². The average molecular weight is 300 g/mol. The molecule has 1 aliphatic heterocycles. The summed E-state index contributed by atoms with van der Waals surface area (Å²) in [5, 5.41) is 2.49. The second-order valence-electron chi connectivity index (χ2n) is 4.12. The van der Waals surface area contributed by atoms with Crippen LogP contribution >= 0.6 is 11.8 Å². The summed E-state index contributed by atoms with van der Waals surface area (Å²) in [4.78, 5) is 11.7. The van der Waals surface area contributed by atoms with Crippen molar-refractivity contribution in [2.24, 2.45) is 0 Å². The molecule has 0 aromatic heterocycles. The Morgan fingerprint density at radius 2 is 2.00 bits per heavy atom. The van der Waals surface area contributed by atoms with E-state index >= 15 is 0 Å². The Bertz CT molecular complexity index is 566. The van der Waals surface area contributed by atoms with E-state index in [-0.39, 0.29) is 10.8 Å². The van der Waals surface area contributed by atoms with E-state index in [9.17, 15) is 13.2 Å². The van der Waals surface area contributed by atoms with E-state index in [0.29, 0.717) is 18.7 Å². The summed E-state index contributed by atoms with van der Waals surface area (Å²) in [7, 11) is -1.97. The van der Waals surface area contributed by atoms with Gasteiger partial charge in [0.05, 0.1) is 4.90 Å². The Morgan fingerprint density at radius 1 is 1.32 bits per heavy atom. The fourth-order valence-corrected chi connectivity index (χ4v) is 4.50. The molecule has 19 heavy (non-hydrogen) atoms. The second-order valence-corrected chi connectivity index (χ2v) is 7.29.